The zero-order valence-corrected chi connectivity index (χ0v) is 13.3. The van der Waals surface area contributed by atoms with Crippen LogP contribution >= 0.6 is 15.9 Å². The summed E-state index contributed by atoms with van der Waals surface area (Å²) in [6.45, 7) is 2.81. The summed E-state index contributed by atoms with van der Waals surface area (Å²) in [5.74, 6) is -0.00513. The molecule has 20 heavy (non-hydrogen) atoms. The van der Waals surface area contributed by atoms with E-state index in [1.54, 1.807) is 0 Å². The Morgan fingerprint density at radius 1 is 1.55 bits per heavy atom. The van der Waals surface area contributed by atoms with Crippen molar-refractivity contribution in [2.45, 2.75) is 11.8 Å². The molecule has 1 aromatic rings. The summed E-state index contributed by atoms with van der Waals surface area (Å²) in [5, 5.41) is 5.52. The van der Waals surface area contributed by atoms with Crippen LogP contribution in [0.15, 0.2) is 21.6 Å². The third-order valence-corrected chi connectivity index (χ3v) is 5.08. The van der Waals surface area contributed by atoms with E-state index < -0.39 is 10.0 Å². The predicted octanol–water partition coefficient (Wildman–Crippen LogP) is 0.396. The summed E-state index contributed by atoms with van der Waals surface area (Å²) < 4.78 is 27.0. The van der Waals surface area contributed by atoms with Crippen LogP contribution in [0.25, 0.3) is 0 Å². The molecule has 0 aliphatic carbocycles. The molecule has 0 unspecified atom stereocenters. The molecule has 0 radical (unpaired) electrons. The van der Waals surface area contributed by atoms with Crippen molar-refractivity contribution < 1.29 is 13.2 Å². The fourth-order valence-corrected chi connectivity index (χ4v) is 3.90. The molecule has 9 heteroatoms. The van der Waals surface area contributed by atoms with Crippen LogP contribution in [0, 0.1) is 0 Å². The van der Waals surface area contributed by atoms with Gasteiger partial charge in [-0.05, 0) is 28.9 Å². The first-order chi connectivity index (χ1) is 9.45. The number of carbonyl (C=O) groups is 1. The first kappa shape index (κ1) is 15.2. The number of halogens is 1. The fourth-order valence-electron chi connectivity index (χ4n) is 1.88. The van der Waals surface area contributed by atoms with Crippen LogP contribution in [0.3, 0.4) is 0 Å². The van der Waals surface area contributed by atoms with Gasteiger partial charge in [-0.2, -0.15) is 4.31 Å². The lowest BCUT2D eigenvalue weighted by Gasteiger charge is -2.26. The normalized spacial score (nSPS) is 16.8. The minimum absolute atomic E-state index is 0.0726. The van der Waals surface area contributed by atoms with Crippen LogP contribution in [-0.4, -0.2) is 49.8 Å². The smallest absolute Gasteiger partial charge is 0.247 e. The molecule has 0 aromatic carbocycles. The molecule has 110 valence electrons. The van der Waals surface area contributed by atoms with Gasteiger partial charge in [0.1, 0.15) is 10.7 Å². The molecular weight excluding hydrogens is 348 g/mol. The van der Waals surface area contributed by atoms with E-state index in [1.807, 2.05) is 6.92 Å². The van der Waals surface area contributed by atoms with Gasteiger partial charge < -0.3 is 10.6 Å². The summed E-state index contributed by atoms with van der Waals surface area (Å²) >= 11 is 3.22. The highest BCUT2D eigenvalue weighted by Crippen LogP contribution is 2.26. The molecule has 1 aromatic heterocycles. The molecule has 2 rings (SSSR count). The predicted molar refractivity (Wildman–Crippen MR) is 77.9 cm³/mol. The Kier molecular flexibility index (Phi) is 4.61. The van der Waals surface area contributed by atoms with E-state index in [4.69, 9.17) is 0 Å². The standard InChI is InChI=1S/C11H15BrN4O3S/c1-2-13-11-9(5-8(12)6-15-11)20(18,19)16-4-3-14-10(17)7-16/h5-6H,2-4,7H2,1H3,(H,13,15)(H,14,17). The first-order valence-corrected chi connectivity index (χ1v) is 8.34. The van der Waals surface area contributed by atoms with Gasteiger partial charge in [-0.1, -0.05) is 0 Å². The van der Waals surface area contributed by atoms with E-state index in [-0.39, 0.29) is 23.9 Å². The molecule has 0 saturated carbocycles. The number of nitrogens with zero attached hydrogens (tertiary/aromatic N) is 2. The number of hydrogen-bond donors (Lipinski definition) is 2. The van der Waals surface area contributed by atoms with Crippen LogP contribution < -0.4 is 10.6 Å². The average Bonchev–Trinajstić information content (AvgIpc) is 2.41. The minimum atomic E-state index is -3.75. The first-order valence-electron chi connectivity index (χ1n) is 6.11. The topological polar surface area (TPSA) is 91.4 Å². The number of piperazine rings is 1. The number of hydrogen-bond acceptors (Lipinski definition) is 5. The largest absolute Gasteiger partial charge is 0.369 e. The van der Waals surface area contributed by atoms with Crippen molar-refractivity contribution in [1.29, 1.82) is 0 Å². The highest BCUT2D eigenvalue weighted by molar-refractivity contribution is 9.10. The van der Waals surface area contributed by atoms with Gasteiger partial charge in [0.25, 0.3) is 0 Å². The highest BCUT2D eigenvalue weighted by Gasteiger charge is 2.31. The minimum Gasteiger partial charge on any atom is -0.369 e. The van der Waals surface area contributed by atoms with Gasteiger partial charge in [-0.15, -0.1) is 0 Å². The van der Waals surface area contributed by atoms with Gasteiger partial charge in [-0.25, -0.2) is 13.4 Å². The second kappa shape index (κ2) is 6.06. The van der Waals surface area contributed by atoms with E-state index in [0.717, 1.165) is 4.31 Å². The Labute approximate surface area is 125 Å². The fraction of sp³-hybridized carbons (Fsp3) is 0.455. The molecule has 0 spiro atoms. The number of pyridine rings is 1. The molecule has 1 saturated heterocycles. The van der Waals surface area contributed by atoms with Crippen LogP contribution in [0.2, 0.25) is 0 Å². The second-order valence-electron chi connectivity index (χ2n) is 4.22. The number of nitrogens with one attached hydrogen (secondary N) is 2. The Morgan fingerprint density at radius 2 is 2.30 bits per heavy atom. The van der Waals surface area contributed by atoms with Gasteiger partial charge in [0.15, 0.2) is 0 Å². The molecular formula is C11H15BrN4O3S. The lowest BCUT2D eigenvalue weighted by molar-refractivity contribution is -0.122. The third-order valence-electron chi connectivity index (χ3n) is 2.78. The Hall–Kier alpha value is -1.19. The zero-order valence-electron chi connectivity index (χ0n) is 10.9. The molecule has 0 atom stereocenters. The van der Waals surface area contributed by atoms with Crippen LogP contribution in [-0.2, 0) is 14.8 Å². The van der Waals surface area contributed by atoms with Crippen molar-refractivity contribution in [2.24, 2.45) is 0 Å². The highest BCUT2D eigenvalue weighted by atomic mass is 79.9. The van der Waals surface area contributed by atoms with Crippen molar-refractivity contribution >= 4 is 37.7 Å². The zero-order chi connectivity index (χ0) is 14.8. The third kappa shape index (κ3) is 3.10. The number of sulfonamides is 1. The monoisotopic (exact) mass is 362 g/mol. The van der Waals surface area contributed by atoms with Crippen molar-refractivity contribution in [3.05, 3.63) is 16.7 Å². The molecule has 7 nitrogen and oxygen atoms in total. The van der Waals surface area contributed by atoms with Crippen LogP contribution in [0.1, 0.15) is 6.92 Å². The number of rotatable bonds is 4. The van der Waals surface area contributed by atoms with E-state index in [9.17, 15) is 13.2 Å². The lowest BCUT2D eigenvalue weighted by atomic mass is 10.4. The van der Waals surface area contributed by atoms with Gasteiger partial charge in [0.05, 0.1) is 6.54 Å². The molecule has 1 aliphatic heterocycles. The summed E-state index contributed by atoms with van der Waals surface area (Å²) in [6.07, 6.45) is 1.53. The SMILES string of the molecule is CCNc1ncc(Br)cc1S(=O)(=O)N1CCNC(=O)C1. The number of anilines is 1. The molecule has 1 fully saturated rings. The number of amides is 1. The van der Waals surface area contributed by atoms with Gasteiger partial charge in [-0.3, -0.25) is 4.79 Å². The summed E-state index contributed by atoms with van der Waals surface area (Å²) in [5.41, 5.74) is 0. The van der Waals surface area contributed by atoms with Gasteiger partial charge >= 0.3 is 0 Å². The number of aromatic nitrogens is 1. The summed E-state index contributed by atoms with van der Waals surface area (Å²) in [4.78, 5) is 15.5. The van der Waals surface area contributed by atoms with E-state index >= 15 is 0 Å². The Balaban J connectivity index is 2.42. The summed E-state index contributed by atoms with van der Waals surface area (Å²) in [7, 11) is -3.75. The number of carbonyl (C=O) groups excluding carboxylic acids is 1. The molecule has 1 amide bonds. The maximum atomic E-state index is 12.6. The maximum absolute atomic E-state index is 12.6. The van der Waals surface area contributed by atoms with Crippen molar-refractivity contribution in [2.75, 3.05) is 31.5 Å². The van der Waals surface area contributed by atoms with E-state index in [2.05, 4.69) is 31.5 Å². The quantitative estimate of drug-likeness (QED) is 0.808. The van der Waals surface area contributed by atoms with E-state index in [1.165, 1.54) is 12.3 Å². The average molecular weight is 363 g/mol. The Bertz CT molecular complexity index is 620. The molecule has 0 bridgehead atoms. The van der Waals surface area contributed by atoms with Crippen molar-refractivity contribution in [3.63, 3.8) is 0 Å². The lowest BCUT2D eigenvalue weighted by Crippen LogP contribution is -2.49. The van der Waals surface area contributed by atoms with Crippen molar-refractivity contribution in [3.8, 4) is 0 Å². The summed E-state index contributed by atoms with van der Waals surface area (Å²) in [6, 6.07) is 1.49. The van der Waals surface area contributed by atoms with Crippen LogP contribution in [0.5, 0.6) is 0 Å². The second-order valence-corrected chi connectivity index (χ2v) is 7.04. The van der Waals surface area contributed by atoms with Crippen LogP contribution in [0.4, 0.5) is 5.82 Å². The maximum Gasteiger partial charge on any atom is 0.247 e. The Morgan fingerprint density at radius 3 is 2.95 bits per heavy atom. The van der Waals surface area contributed by atoms with Gasteiger partial charge in [0.2, 0.25) is 15.9 Å². The molecule has 2 heterocycles. The molecule has 1 aliphatic rings. The van der Waals surface area contributed by atoms with Crippen molar-refractivity contribution in [1.82, 2.24) is 14.6 Å². The molecule has 2 N–H and O–H groups in total. The van der Waals surface area contributed by atoms with Gasteiger partial charge in [0, 0.05) is 30.3 Å². The van der Waals surface area contributed by atoms with E-state index in [0.29, 0.717) is 23.4 Å².